The zero-order valence-electron chi connectivity index (χ0n) is 18.7. The van der Waals surface area contributed by atoms with Gasteiger partial charge in [-0.05, 0) is 49.4 Å². The molecule has 0 spiro atoms. The molecule has 2 heterocycles. The normalized spacial score (nSPS) is 17.8. The van der Waals surface area contributed by atoms with Crippen molar-refractivity contribution in [3.8, 4) is 0 Å². The Bertz CT molecular complexity index is 1150. The van der Waals surface area contributed by atoms with E-state index in [0.717, 1.165) is 39.9 Å². The predicted octanol–water partition coefficient (Wildman–Crippen LogP) is 3.69. The van der Waals surface area contributed by atoms with E-state index in [-0.39, 0.29) is 19.1 Å². The lowest BCUT2D eigenvalue weighted by atomic mass is 9.91. The Hall–Kier alpha value is -3.61. The molecule has 0 radical (unpaired) electrons. The zero-order chi connectivity index (χ0) is 23.0. The summed E-state index contributed by atoms with van der Waals surface area (Å²) in [4.78, 5) is 39.8. The van der Waals surface area contributed by atoms with Crippen LogP contribution >= 0.6 is 0 Å². The summed E-state index contributed by atoms with van der Waals surface area (Å²) in [6.45, 7) is 7.62. The van der Waals surface area contributed by atoms with E-state index in [4.69, 9.17) is 4.74 Å². The minimum absolute atomic E-state index is 0.0270. The fourth-order valence-electron chi connectivity index (χ4n) is 4.31. The Labute approximate surface area is 187 Å². The molecule has 2 aromatic carbocycles. The number of nitrogens with zero attached hydrogens (tertiary/aromatic N) is 1. The number of amides is 3. The number of para-hydroxylation sites is 1. The van der Waals surface area contributed by atoms with Crippen LogP contribution in [0.2, 0.25) is 0 Å². The fraction of sp³-hybridized carbons (Fsp3) is 0.320. The molecule has 2 aliphatic rings. The van der Waals surface area contributed by atoms with E-state index in [1.54, 1.807) is 0 Å². The van der Waals surface area contributed by atoms with Crippen LogP contribution in [0.25, 0.3) is 0 Å². The molecule has 7 nitrogen and oxygen atoms in total. The van der Waals surface area contributed by atoms with E-state index >= 15 is 0 Å². The highest BCUT2D eigenvalue weighted by atomic mass is 16.5. The number of ether oxygens (including phenoxy) is 1. The van der Waals surface area contributed by atoms with Gasteiger partial charge in [-0.3, -0.25) is 9.69 Å². The van der Waals surface area contributed by atoms with Gasteiger partial charge in [0.05, 0.1) is 17.3 Å². The summed E-state index contributed by atoms with van der Waals surface area (Å²) < 4.78 is 5.28. The number of rotatable bonds is 5. The monoisotopic (exact) mass is 433 g/mol. The van der Waals surface area contributed by atoms with Crippen LogP contribution in [0.3, 0.4) is 0 Å². The number of urea groups is 1. The molecule has 7 heteroatoms. The number of aryl methyl sites for hydroxylation is 4. The number of carbonyl (C=O) groups excluding carboxylic acids is 3. The summed E-state index contributed by atoms with van der Waals surface area (Å²) in [7, 11) is 0. The van der Waals surface area contributed by atoms with Crippen LogP contribution in [-0.2, 0) is 20.7 Å². The van der Waals surface area contributed by atoms with Crippen molar-refractivity contribution in [1.82, 2.24) is 10.2 Å². The number of anilines is 1. The molecular weight excluding hydrogens is 406 g/mol. The van der Waals surface area contributed by atoms with Crippen molar-refractivity contribution in [1.29, 1.82) is 0 Å². The first-order valence-electron chi connectivity index (χ1n) is 10.7. The summed E-state index contributed by atoms with van der Waals surface area (Å²) in [5.74, 6) is -0.802. The molecule has 3 amide bonds. The molecule has 166 valence electrons. The largest absolute Gasteiger partial charge is 0.456 e. The van der Waals surface area contributed by atoms with Crippen molar-refractivity contribution < 1.29 is 19.1 Å². The highest BCUT2D eigenvalue weighted by molar-refractivity contribution is 6.00. The van der Waals surface area contributed by atoms with Crippen molar-refractivity contribution in [3.63, 3.8) is 0 Å². The second kappa shape index (κ2) is 8.49. The van der Waals surface area contributed by atoms with Gasteiger partial charge in [-0.2, -0.15) is 0 Å². The van der Waals surface area contributed by atoms with Gasteiger partial charge >= 0.3 is 12.0 Å². The average molecular weight is 434 g/mol. The van der Waals surface area contributed by atoms with E-state index in [2.05, 4.69) is 10.6 Å². The fourth-order valence-corrected chi connectivity index (χ4v) is 4.31. The van der Waals surface area contributed by atoms with Crippen LogP contribution in [0.15, 0.2) is 47.7 Å². The van der Waals surface area contributed by atoms with Crippen LogP contribution in [0.5, 0.6) is 0 Å². The molecular formula is C25H27N3O4. The Balaban J connectivity index is 1.64. The number of carbonyl (C=O) groups is 3. The highest BCUT2D eigenvalue weighted by Gasteiger charge is 2.43. The predicted molar refractivity (Wildman–Crippen MR) is 121 cm³/mol. The summed E-state index contributed by atoms with van der Waals surface area (Å²) in [6.07, 6.45) is 0.774. The third-order valence-electron chi connectivity index (χ3n) is 6.05. The third kappa shape index (κ3) is 3.86. The average Bonchev–Trinajstić information content (AvgIpc) is 3.14. The molecule has 32 heavy (non-hydrogen) atoms. The maximum absolute atomic E-state index is 13.0. The van der Waals surface area contributed by atoms with Gasteiger partial charge in [-0.1, -0.05) is 48.9 Å². The zero-order valence-corrected chi connectivity index (χ0v) is 18.7. The molecule has 0 saturated heterocycles. The molecule has 4 rings (SSSR count). The van der Waals surface area contributed by atoms with E-state index in [0.29, 0.717) is 11.3 Å². The number of benzene rings is 2. The molecule has 0 saturated carbocycles. The first-order valence-corrected chi connectivity index (χ1v) is 10.7. The lowest BCUT2D eigenvalue weighted by Crippen LogP contribution is -2.49. The lowest BCUT2D eigenvalue weighted by Gasteiger charge is -2.33. The first kappa shape index (κ1) is 21.6. The molecule has 2 aliphatic heterocycles. The first-order chi connectivity index (χ1) is 15.3. The van der Waals surface area contributed by atoms with Crippen LogP contribution in [-0.4, -0.2) is 36.0 Å². The number of esters is 1. The summed E-state index contributed by atoms with van der Waals surface area (Å²) in [6, 6.07) is 10.7. The van der Waals surface area contributed by atoms with Crippen molar-refractivity contribution in [2.24, 2.45) is 0 Å². The van der Waals surface area contributed by atoms with Crippen molar-refractivity contribution in [3.05, 3.63) is 75.5 Å². The molecule has 0 fully saturated rings. The molecule has 0 aliphatic carbocycles. The van der Waals surface area contributed by atoms with Crippen LogP contribution < -0.4 is 10.6 Å². The van der Waals surface area contributed by atoms with Crippen molar-refractivity contribution in [2.75, 3.05) is 18.5 Å². The molecule has 0 bridgehead atoms. The van der Waals surface area contributed by atoms with Gasteiger partial charge in [0, 0.05) is 5.69 Å². The van der Waals surface area contributed by atoms with Gasteiger partial charge in [-0.15, -0.1) is 0 Å². The van der Waals surface area contributed by atoms with Crippen molar-refractivity contribution in [2.45, 2.75) is 40.2 Å². The second-order valence-electron chi connectivity index (χ2n) is 8.28. The SMILES string of the molecule is CCc1cccc(C)c1NC(=O)CN1C(=O)NC(c2cc(C)ccc2C)C2=C1COC2=O. The van der Waals surface area contributed by atoms with Crippen molar-refractivity contribution >= 4 is 23.6 Å². The van der Waals surface area contributed by atoms with Gasteiger partial charge in [0.2, 0.25) is 5.91 Å². The van der Waals surface area contributed by atoms with Gasteiger partial charge in [0.25, 0.3) is 0 Å². The molecule has 2 aromatic rings. The Kier molecular flexibility index (Phi) is 5.74. The second-order valence-corrected chi connectivity index (χ2v) is 8.28. The molecule has 1 atom stereocenters. The Morgan fingerprint density at radius 3 is 2.69 bits per heavy atom. The van der Waals surface area contributed by atoms with Crippen LogP contribution in [0.4, 0.5) is 10.5 Å². The molecule has 0 aromatic heterocycles. The minimum atomic E-state index is -0.602. The minimum Gasteiger partial charge on any atom is -0.456 e. The summed E-state index contributed by atoms with van der Waals surface area (Å²) >= 11 is 0. The number of cyclic esters (lactones) is 1. The van der Waals surface area contributed by atoms with E-state index in [9.17, 15) is 14.4 Å². The number of hydrogen-bond donors (Lipinski definition) is 2. The highest BCUT2D eigenvalue weighted by Crippen LogP contribution is 2.36. The standard InChI is InChI=1S/C25H27N3O4/c1-5-17-8-6-7-16(4)22(17)26-20(29)12-28-19-13-32-24(30)21(19)23(27-25(28)31)18-11-14(2)9-10-15(18)3/h6-11,23H,5,12-13H2,1-4H3,(H,26,29)(H,27,31). The topological polar surface area (TPSA) is 87.7 Å². The molecule has 1 unspecified atom stereocenters. The Morgan fingerprint density at radius 2 is 1.94 bits per heavy atom. The van der Waals surface area contributed by atoms with E-state index < -0.39 is 18.0 Å². The van der Waals surface area contributed by atoms with Gasteiger partial charge in [0.1, 0.15) is 13.2 Å². The lowest BCUT2D eigenvalue weighted by molar-refractivity contribution is -0.136. The number of nitrogens with one attached hydrogen (secondary N) is 2. The van der Waals surface area contributed by atoms with Crippen LogP contribution in [0.1, 0.15) is 40.8 Å². The van der Waals surface area contributed by atoms with E-state index in [1.165, 1.54) is 4.90 Å². The number of hydrogen-bond acceptors (Lipinski definition) is 4. The smallest absolute Gasteiger partial charge is 0.338 e. The maximum atomic E-state index is 13.0. The maximum Gasteiger partial charge on any atom is 0.338 e. The van der Waals surface area contributed by atoms with Gasteiger partial charge < -0.3 is 15.4 Å². The third-order valence-corrected chi connectivity index (χ3v) is 6.05. The van der Waals surface area contributed by atoms with Gasteiger partial charge in [-0.25, -0.2) is 9.59 Å². The Morgan fingerprint density at radius 1 is 1.16 bits per heavy atom. The summed E-state index contributed by atoms with van der Waals surface area (Å²) in [5.41, 5.74) is 6.41. The van der Waals surface area contributed by atoms with Gasteiger partial charge in [0.15, 0.2) is 0 Å². The van der Waals surface area contributed by atoms with Crippen LogP contribution in [0, 0.1) is 20.8 Å². The van der Waals surface area contributed by atoms with E-state index in [1.807, 2.05) is 64.1 Å². The molecule has 2 N–H and O–H groups in total. The summed E-state index contributed by atoms with van der Waals surface area (Å²) in [5, 5.41) is 5.84. The quantitative estimate of drug-likeness (QED) is 0.704.